The Morgan fingerprint density at radius 3 is 2.73 bits per heavy atom. The summed E-state index contributed by atoms with van der Waals surface area (Å²) >= 11 is 0. The smallest absolute Gasteiger partial charge is 0.239 e. The molecule has 15 heavy (non-hydrogen) atoms. The minimum atomic E-state index is -0.319. The molecule has 1 rings (SSSR count). The van der Waals surface area contributed by atoms with Crippen molar-refractivity contribution in [2.24, 2.45) is 17.6 Å². The second-order valence-corrected chi connectivity index (χ2v) is 4.97. The summed E-state index contributed by atoms with van der Waals surface area (Å²) in [6.07, 6.45) is 3.56. The Labute approximate surface area is 93.0 Å². The van der Waals surface area contributed by atoms with Gasteiger partial charge in [0.05, 0.1) is 6.04 Å². The van der Waals surface area contributed by atoms with Crippen molar-refractivity contribution in [1.29, 1.82) is 0 Å². The largest absolute Gasteiger partial charge is 0.341 e. The van der Waals surface area contributed by atoms with Gasteiger partial charge in [0.25, 0.3) is 0 Å². The van der Waals surface area contributed by atoms with Crippen molar-refractivity contribution in [1.82, 2.24) is 4.90 Å². The van der Waals surface area contributed by atoms with E-state index in [1.54, 1.807) is 0 Å². The normalized spacial score (nSPS) is 24.3. The number of likely N-dealkylation sites (tertiary alicyclic amines) is 1. The van der Waals surface area contributed by atoms with Crippen LogP contribution in [0.1, 0.15) is 40.0 Å². The van der Waals surface area contributed by atoms with E-state index in [0.29, 0.717) is 5.92 Å². The van der Waals surface area contributed by atoms with Crippen LogP contribution in [-0.2, 0) is 4.79 Å². The summed E-state index contributed by atoms with van der Waals surface area (Å²) in [7, 11) is 0. The Bertz CT molecular complexity index is 216. The van der Waals surface area contributed by atoms with Gasteiger partial charge in [-0.25, -0.2) is 0 Å². The van der Waals surface area contributed by atoms with E-state index in [-0.39, 0.29) is 17.9 Å². The number of hydrogen-bond acceptors (Lipinski definition) is 2. The van der Waals surface area contributed by atoms with Crippen LogP contribution in [0.25, 0.3) is 0 Å². The number of nitrogens with zero attached hydrogens (tertiary/aromatic N) is 1. The molecule has 0 aromatic rings. The molecule has 0 aromatic heterocycles. The molecule has 0 aliphatic carbocycles. The standard InChI is InChI=1S/C12H24N2O/c1-4-10-6-5-7-14(8-10)12(15)11(13)9(2)3/h9-11H,4-8,13H2,1-3H3/t10?,11-/m0/s1. The van der Waals surface area contributed by atoms with Crippen LogP contribution < -0.4 is 5.73 Å². The average Bonchev–Trinajstić information content (AvgIpc) is 2.27. The highest BCUT2D eigenvalue weighted by molar-refractivity contribution is 5.82. The summed E-state index contributed by atoms with van der Waals surface area (Å²) in [6, 6.07) is -0.319. The highest BCUT2D eigenvalue weighted by Gasteiger charge is 2.27. The predicted molar refractivity (Wildman–Crippen MR) is 62.4 cm³/mol. The Balaban J connectivity index is 2.52. The topological polar surface area (TPSA) is 46.3 Å². The Morgan fingerprint density at radius 1 is 1.53 bits per heavy atom. The minimum Gasteiger partial charge on any atom is -0.341 e. The van der Waals surface area contributed by atoms with Gasteiger partial charge in [0.1, 0.15) is 0 Å². The Kier molecular flexibility index (Phi) is 4.58. The SMILES string of the molecule is CCC1CCCN(C(=O)[C@@H](N)C(C)C)C1. The van der Waals surface area contributed by atoms with Crippen molar-refractivity contribution in [2.45, 2.75) is 46.1 Å². The number of piperidine rings is 1. The van der Waals surface area contributed by atoms with Gasteiger partial charge in [0, 0.05) is 13.1 Å². The predicted octanol–water partition coefficient (Wildman–Crippen LogP) is 1.62. The molecule has 2 atom stereocenters. The molecule has 0 radical (unpaired) electrons. The van der Waals surface area contributed by atoms with Crippen LogP contribution in [0.4, 0.5) is 0 Å². The number of carbonyl (C=O) groups excluding carboxylic acids is 1. The van der Waals surface area contributed by atoms with Crippen LogP contribution in [0.15, 0.2) is 0 Å². The van der Waals surface area contributed by atoms with Gasteiger partial charge in [0.2, 0.25) is 5.91 Å². The lowest BCUT2D eigenvalue weighted by atomic mass is 9.94. The molecule has 1 aliphatic rings. The van der Waals surface area contributed by atoms with E-state index in [4.69, 9.17) is 5.73 Å². The zero-order valence-corrected chi connectivity index (χ0v) is 10.2. The maximum absolute atomic E-state index is 12.0. The third-order valence-electron chi connectivity index (χ3n) is 3.41. The lowest BCUT2D eigenvalue weighted by Gasteiger charge is -2.34. The van der Waals surface area contributed by atoms with Crippen LogP contribution in [0.2, 0.25) is 0 Å². The third kappa shape index (κ3) is 3.20. The van der Waals surface area contributed by atoms with Crippen LogP contribution in [0, 0.1) is 11.8 Å². The first-order chi connectivity index (χ1) is 7.06. The zero-order chi connectivity index (χ0) is 11.4. The van der Waals surface area contributed by atoms with Crippen molar-refractivity contribution < 1.29 is 4.79 Å². The summed E-state index contributed by atoms with van der Waals surface area (Å²) in [4.78, 5) is 14.0. The average molecular weight is 212 g/mol. The Morgan fingerprint density at radius 2 is 2.20 bits per heavy atom. The zero-order valence-electron chi connectivity index (χ0n) is 10.2. The van der Waals surface area contributed by atoms with E-state index >= 15 is 0 Å². The second kappa shape index (κ2) is 5.50. The minimum absolute atomic E-state index is 0.142. The van der Waals surface area contributed by atoms with Gasteiger partial charge in [-0.3, -0.25) is 4.79 Å². The van der Waals surface area contributed by atoms with E-state index in [0.717, 1.165) is 19.5 Å². The van der Waals surface area contributed by atoms with Crippen molar-refractivity contribution >= 4 is 5.91 Å². The molecule has 1 saturated heterocycles. The lowest BCUT2D eigenvalue weighted by molar-refractivity contribution is -0.135. The highest BCUT2D eigenvalue weighted by Crippen LogP contribution is 2.20. The van der Waals surface area contributed by atoms with E-state index < -0.39 is 0 Å². The Hall–Kier alpha value is -0.570. The first kappa shape index (κ1) is 12.5. The van der Waals surface area contributed by atoms with Crippen LogP contribution >= 0.6 is 0 Å². The van der Waals surface area contributed by atoms with E-state index in [2.05, 4.69) is 6.92 Å². The van der Waals surface area contributed by atoms with Crippen molar-refractivity contribution in [3.05, 3.63) is 0 Å². The number of carbonyl (C=O) groups is 1. The molecule has 0 spiro atoms. The number of nitrogens with two attached hydrogens (primary N) is 1. The molecule has 3 heteroatoms. The molecule has 1 fully saturated rings. The summed E-state index contributed by atoms with van der Waals surface area (Å²) < 4.78 is 0. The monoisotopic (exact) mass is 212 g/mol. The molecule has 0 aromatic carbocycles. The molecule has 0 saturated carbocycles. The quantitative estimate of drug-likeness (QED) is 0.772. The first-order valence-electron chi connectivity index (χ1n) is 6.10. The molecule has 1 amide bonds. The fraction of sp³-hybridized carbons (Fsp3) is 0.917. The molecule has 1 heterocycles. The van der Waals surface area contributed by atoms with Gasteiger partial charge >= 0.3 is 0 Å². The van der Waals surface area contributed by atoms with E-state index in [1.807, 2.05) is 18.7 Å². The van der Waals surface area contributed by atoms with Crippen molar-refractivity contribution in [3.8, 4) is 0 Å². The lowest BCUT2D eigenvalue weighted by Crippen LogP contribution is -2.49. The van der Waals surface area contributed by atoms with Gasteiger partial charge in [-0.1, -0.05) is 27.2 Å². The highest BCUT2D eigenvalue weighted by atomic mass is 16.2. The third-order valence-corrected chi connectivity index (χ3v) is 3.41. The van der Waals surface area contributed by atoms with Gasteiger partial charge in [-0.2, -0.15) is 0 Å². The second-order valence-electron chi connectivity index (χ2n) is 4.97. The van der Waals surface area contributed by atoms with Gasteiger partial charge in [0.15, 0.2) is 0 Å². The summed E-state index contributed by atoms with van der Waals surface area (Å²) in [5, 5.41) is 0. The maximum atomic E-state index is 12.0. The number of amides is 1. The van der Waals surface area contributed by atoms with Crippen LogP contribution in [0.5, 0.6) is 0 Å². The number of rotatable bonds is 3. The number of hydrogen-bond donors (Lipinski definition) is 1. The fourth-order valence-electron chi connectivity index (χ4n) is 2.09. The molecule has 1 unspecified atom stereocenters. The summed E-state index contributed by atoms with van der Waals surface area (Å²) in [5.74, 6) is 1.06. The molecular weight excluding hydrogens is 188 g/mol. The van der Waals surface area contributed by atoms with Crippen LogP contribution in [0.3, 0.4) is 0 Å². The molecular formula is C12H24N2O. The molecule has 1 aliphatic heterocycles. The maximum Gasteiger partial charge on any atom is 0.239 e. The van der Waals surface area contributed by atoms with E-state index in [9.17, 15) is 4.79 Å². The summed E-state index contributed by atoms with van der Waals surface area (Å²) in [6.45, 7) is 8.01. The van der Waals surface area contributed by atoms with Gasteiger partial charge in [-0.05, 0) is 24.7 Å². The van der Waals surface area contributed by atoms with Crippen molar-refractivity contribution in [2.75, 3.05) is 13.1 Å². The molecule has 3 nitrogen and oxygen atoms in total. The van der Waals surface area contributed by atoms with Crippen LogP contribution in [-0.4, -0.2) is 29.9 Å². The first-order valence-corrected chi connectivity index (χ1v) is 6.10. The fourth-order valence-corrected chi connectivity index (χ4v) is 2.09. The molecule has 0 bridgehead atoms. The summed E-state index contributed by atoms with van der Waals surface area (Å²) in [5.41, 5.74) is 5.89. The van der Waals surface area contributed by atoms with E-state index in [1.165, 1.54) is 12.8 Å². The molecule has 88 valence electrons. The van der Waals surface area contributed by atoms with Gasteiger partial charge in [-0.15, -0.1) is 0 Å². The van der Waals surface area contributed by atoms with Gasteiger partial charge < -0.3 is 10.6 Å². The molecule has 2 N–H and O–H groups in total. The van der Waals surface area contributed by atoms with Crippen molar-refractivity contribution in [3.63, 3.8) is 0 Å².